The number of aliphatic hydroxyl groups is 1. The lowest BCUT2D eigenvalue weighted by molar-refractivity contribution is 0.0736. The minimum atomic E-state index is -0.0311. The van der Waals surface area contributed by atoms with Gasteiger partial charge in [0, 0.05) is 13.1 Å². The first-order chi connectivity index (χ1) is 7.72. The number of aliphatic hydroxyl groups excluding tert-OH is 1. The number of likely N-dealkylation sites (N-methyl/N-ethyl adjacent to an activating group) is 1. The van der Waals surface area contributed by atoms with Crippen molar-refractivity contribution in [2.75, 3.05) is 19.7 Å². The summed E-state index contributed by atoms with van der Waals surface area (Å²) in [5.41, 5.74) is 0. The van der Waals surface area contributed by atoms with Crippen LogP contribution < -0.4 is 0 Å². The molecule has 0 aliphatic heterocycles. The molecule has 4 nitrogen and oxygen atoms in total. The minimum Gasteiger partial charge on any atom is -0.395 e. The van der Waals surface area contributed by atoms with Crippen molar-refractivity contribution in [1.82, 2.24) is 9.88 Å². The third-order valence-electron chi connectivity index (χ3n) is 2.27. The second-order valence-electron chi connectivity index (χ2n) is 3.48. The average molecular weight is 242 g/mol. The van der Waals surface area contributed by atoms with E-state index in [-0.39, 0.29) is 12.5 Å². The summed E-state index contributed by atoms with van der Waals surface area (Å²) < 4.78 is 0. The molecule has 0 saturated heterocycles. The van der Waals surface area contributed by atoms with E-state index in [9.17, 15) is 4.79 Å². The molecule has 0 spiro atoms. The van der Waals surface area contributed by atoms with Crippen molar-refractivity contribution in [3.63, 3.8) is 0 Å². The Kier molecular flexibility index (Phi) is 5.42. The van der Waals surface area contributed by atoms with Crippen LogP contribution in [-0.2, 0) is 6.42 Å². The van der Waals surface area contributed by atoms with Crippen LogP contribution in [0.2, 0.25) is 0 Å². The van der Waals surface area contributed by atoms with Gasteiger partial charge in [-0.25, -0.2) is 4.98 Å². The van der Waals surface area contributed by atoms with Crippen LogP contribution in [0.15, 0.2) is 6.20 Å². The lowest BCUT2D eigenvalue weighted by Crippen LogP contribution is -2.32. The highest BCUT2D eigenvalue weighted by molar-refractivity contribution is 7.13. The first-order valence-corrected chi connectivity index (χ1v) is 6.39. The summed E-state index contributed by atoms with van der Waals surface area (Å²) in [6, 6.07) is 0. The summed E-state index contributed by atoms with van der Waals surface area (Å²) in [5.74, 6) is -0.0311. The van der Waals surface area contributed by atoms with E-state index in [0.29, 0.717) is 18.0 Å². The van der Waals surface area contributed by atoms with Crippen molar-refractivity contribution in [3.8, 4) is 0 Å². The Balaban J connectivity index is 2.70. The number of thiazole rings is 1. The number of amides is 1. The van der Waals surface area contributed by atoms with Crippen LogP contribution in [0.4, 0.5) is 0 Å². The maximum atomic E-state index is 12.0. The van der Waals surface area contributed by atoms with Gasteiger partial charge in [-0.1, -0.05) is 6.92 Å². The molecule has 1 heterocycles. The van der Waals surface area contributed by atoms with Crippen molar-refractivity contribution in [2.45, 2.75) is 26.7 Å². The highest BCUT2D eigenvalue weighted by Gasteiger charge is 2.16. The molecule has 0 radical (unpaired) electrons. The first kappa shape index (κ1) is 13.1. The minimum absolute atomic E-state index is 0.000199. The molecule has 0 bridgehead atoms. The van der Waals surface area contributed by atoms with Crippen LogP contribution in [0.3, 0.4) is 0 Å². The zero-order valence-corrected chi connectivity index (χ0v) is 10.6. The zero-order chi connectivity index (χ0) is 12.0. The number of hydrogen-bond donors (Lipinski definition) is 1. The Labute approximate surface area is 99.9 Å². The molecule has 16 heavy (non-hydrogen) atoms. The summed E-state index contributed by atoms with van der Waals surface area (Å²) in [7, 11) is 0. The monoisotopic (exact) mass is 242 g/mol. The third kappa shape index (κ3) is 3.28. The van der Waals surface area contributed by atoms with E-state index in [0.717, 1.165) is 17.8 Å². The van der Waals surface area contributed by atoms with Crippen molar-refractivity contribution in [1.29, 1.82) is 0 Å². The molecule has 1 aromatic rings. The van der Waals surface area contributed by atoms with E-state index in [1.165, 1.54) is 11.3 Å². The van der Waals surface area contributed by atoms with Gasteiger partial charge in [0.05, 0.1) is 17.8 Å². The van der Waals surface area contributed by atoms with Crippen LogP contribution in [0.5, 0.6) is 0 Å². The largest absolute Gasteiger partial charge is 0.395 e. The Morgan fingerprint density at radius 2 is 2.31 bits per heavy atom. The van der Waals surface area contributed by atoms with Gasteiger partial charge < -0.3 is 10.0 Å². The lowest BCUT2D eigenvalue weighted by Gasteiger charge is -2.18. The molecule has 0 aliphatic rings. The molecular formula is C11H18N2O2S. The van der Waals surface area contributed by atoms with E-state index in [2.05, 4.69) is 11.9 Å². The predicted molar refractivity (Wildman–Crippen MR) is 64.8 cm³/mol. The van der Waals surface area contributed by atoms with Crippen molar-refractivity contribution < 1.29 is 9.90 Å². The molecule has 0 aliphatic carbocycles. The van der Waals surface area contributed by atoms with Crippen LogP contribution in [0.25, 0.3) is 0 Å². The van der Waals surface area contributed by atoms with E-state index in [1.807, 2.05) is 6.92 Å². The van der Waals surface area contributed by atoms with Gasteiger partial charge >= 0.3 is 0 Å². The SMILES string of the molecule is CCCc1ncc(C(=O)N(CC)CCO)s1. The van der Waals surface area contributed by atoms with Gasteiger partial charge in [-0.15, -0.1) is 11.3 Å². The molecule has 0 unspecified atom stereocenters. The van der Waals surface area contributed by atoms with Crippen molar-refractivity contribution >= 4 is 17.2 Å². The van der Waals surface area contributed by atoms with Gasteiger partial charge in [0.25, 0.3) is 5.91 Å². The van der Waals surface area contributed by atoms with Gasteiger partial charge in [0.1, 0.15) is 4.88 Å². The molecule has 0 aromatic carbocycles. The summed E-state index contributed by atoms with van der Waals surface area (Å²) in [6.07, 6.45) is 3.59. The Morgan fingerprint density at radius 1 is 1.56 bits per heavy atom. The highest BCUT2D eigenvalue weighted by Crippen LogP contribution is 2.16. The molecule has 0 saturated carbocycles. The van der Waals surface area contributed by atoms with Gasteiger partial charge in [-0.2, -0.15) is 0 Å². The average Bonchev–Trinajstić information content (AvgIpc) is 2.74. The number of nitrogens with zero attached hydrogens (tertiary/aromatic N) is 2. The molecule has 1 aromatic heterocycles. The molecular weight excluding hydrogens is 224 g/mol. The summed E-state index contributed by atoms with van der Waals surface area (Å²) >= 11 is 1.45. The van der Waals surface area contributed by atoms with Gasteiger partial charge in [-0.3, -0.25) is 4.79 Å². The number of rotatable bonds is 6. The van der Waals surface area contributed by atoms with Crippen LogP contribution in [0.1, 0.15) is 34.9 Å². The first-order valence-electron chi connectivity index (χ1n) is 5.57. The van der Waals surface area contributed by atoms with Crippen LogP contribution in [-0.4, -0.2) is 40.6 Å². The maximum Gasteiger partial charge on any atom is 0.265 e. The number of aromatic nitrogens is 1. The number of aryl methyl sites for hydroxylation is 1. The Hall–Kier alpha value is -0.940. The Bertz CT molecular complexity index is 338. The number of carbonyl (C=O) groups excluding carboxylic acids is 1. The number of carbonyl (C=O) groups is 1. The standard InChI is InChI=1S/C11H18N2O2S/c1-3-5-10-12-8-9(16-10)11(15)13(4-2)6-7-14/h8,14H,3-7H2,1-2H3. The van der Waals surface area contributed by atoms with E-state index < -0.39 is 0 Å². The third-order valence-corrected chi connectivity index (χ3v) is 3.31. The second-order valence-corrected chi connectivity index (χ2v) is 4.59. The summed E-state index contributed by atoms with van der Waals surface area (Å²) in [5, 5.41) is 9.85. The van der Waals surface area contributed by atoms with Crippen molar-refractivity contribution in [2.24, 2.45) is 0 Å². The van der Waals surface area contributed by atoms with E-state index in [1.54, 1.807) is 11.1 Å². The van der Waals surface area contributed by atoms with Crippen molar-refractivity contribution in [3.05, 3.63) is 16.1 Å². The van der Waals surface area contributed by atoms with Gasteiger partial charge in [0.2, 0.25) is 0 Å². The molecule has 1 amide bonds. The Morgan fingerprint density at radius 3 is 2.88 bits per heavy atom. The highest BCUT2D eigenvalue weighted by atomic mass is 32.1. The fraction of sp³-hybridized carbons (Fsp3) is 0.636. The van der Waals surface area contributed by atoms with Crippen LogP contribution >= 0.6 is 11.3 Å². The molecule has 1 N–H and O–H groups in total. The quantitative estimate of drug-likeness (QED) is 0.823. The van der Waals surface area contributed by atoms with Gasteiger partial charge in [-0.05, 0) is 19.8 Å². The molecule has 0 atom stereocenters. The summed E-state index contributed by atoms with van der Waals surface area (Å²) in [4.78, 5) is 18.5. The van der Waals surface area contributed by atoms with E-state index >= 15 is 0 Å². The smallest absolute Gasteiger partial charge is 0.265 e. The maximum absolute atomic E-state index is 12.0. The number of hydrogen-bond acceptors (Lipinski definition) is 4. The molecule has 5 heteroatoms. The normalized spacial score (nSPS) is 10.4. The summed E-state index contributed by atoms with van der Waals surface area (Å²) in [6.45, 7) is 4.99. The lowest BCUT2D eigenvalue weighted by atomic mass is 10.4. The molecule has 90 valence electrons. The topological polar surface area (TPSA) is 53.4 Å². The second kappa shape index (κ2) is 6.60. The van der Waals surface area contributed by atoms with Gasteiger partial charge in [0.15, 0.2) is 0 Å². The zero-order valence-electron chi connectivity index (χ0n) is 9.77. The molecule has 1 rings (SSSR count). The fourth-order valence-electron chi connectivity index (χ4n) is 1.42. The predicted octanol–water partition coefficient (Wildman–Crippen LogP) is 1.55. The van der Waals surface area contributed by atoms with Crippen LogP contribution in [0, 0.1) is 0 Å². The van der Waals surface area contributed by atoms with E-state index in [4.69, 9.17) is 5.11 Å². The fourth-order valence-corrected chi connectivity index (χ4v) is 2.41. The molecule has 0 fully saturated rings.